The minimum Gasteiger partial charge on any atom is -0.311 e. The summed E-state index contributed by atoms with van der Waals surface area (Å²) in [4.78, 5) is 2.80. The maximum absolute atomic E-state index is 3.78. The zero-order chi connectivity index (χ0) is 13.1. The molecule has 2 aliphatic rings. The molecule has 1 heterocycles. The average molecular weight is 252 g/mol. The van der Waals surface area contributed by atoms with Gasteiger partial charge in [-0.1, -0.05) is 34.1 Å². The minimum atomic E-state index is 0.722. The molecule has 0 bridgehead atoms. The van der Waals surface area contributed by atoms with Crippen LogP contribution in [0.25, 0.3) is 0 Å². The van der Waals surface area contributed by atoms with Crippen LogP contribution in [0.5, 0.6) is 0 Å². The van der Waals surface area contributed by atoms with Gasteiger partial charge >= 0.3 is 0 Å². The van der Waals surface area contributed by atoms with Crippen molar-refractivity contribution in [1.82, 2.24) is 10.2 Å². The van der Waals surface area contributed by atoms with Crippen molar-refractivity contribution in [2.45, 2.75) is 65.5 Å². The zero-order valence-electron chi connectivity index (χ0n) is 12.8. The number of hydrogen-bond acceptors (Lipinski definition) is 2. The Morgan fingerprint density at radius 2 is 1.89 bits per heavy atom. The first-order valence-corrected chi connectivity index (χ1v) is 8.03. The Bertz CT molecular complexity index is 245. The first kappa shape index (κ1) is 14.3. The predicted molar refractivity (Wildman–Crippen MR) is 78.8 cm³/mol. The summed E-state index contributed by atoms with van der Waals surface area (Å²) >= 11 is 0. The highest BCUT2D eigenvalue weighted by Crippen LogP contribution is 2.29. The van der Waals surface area contributed by atoms with Crippen LogP contribution in [0.1, 0.15) is 53.4 Å². The molecule has 18 heavy (non-hydrogen) atoms. The van der Waals surface area contributed by atoms with E-state index in [2.05, 4.69) is 37.9 Å². The first-order chi connectivity index (χ1) is 8.56. The quantitative estimate of drug-likeness (QED) is 0.809. The molecule has 2 unspecified atom stereocenters. The van der Waals surface area contributed by atoms with E-state index in [1.54, 1.807) is 0 Å². The van der Waals surface area contributed by atoms with Crippen LogP contribution in [0.3, 0.4) is 0 Å². The third-order valence-corrected chi connectivity index (χ3v) is 4.78. The second-order valence-corrected chi connectivity index (χ2v) is 7.30. The van der Waals surface area contributed by atoms with Gasteiger partial charge in [0.15, 0.2) is 0 Å². The molecule has 1 saturated carbocycles. The zero-order valence-corrected chi connectivity index (χ0v) is 12.8. The molecule has 0 amide bonds. The van der Waals surface area contributed by atoms with Crippen molar-refractivity contribution < 1.29 is 0 Å². The van der Waals surface area contributed by atoms with Crippen LogP contribution < -0.4 is 5.32 Å². The van der Waals surface area contributed by atoms with Gasteiger partial charge in [0, 0.05) is 31.7 Å². The molecule has 2 atom stereocenters. The van der Waals surface area contributed by atoms with Gasteiger partial charge in [0.2, 0.25) is 0 Å². The van der Waals surface area contributed by atoms with Crippen molar-refractivity contribution in [1.29, 1.82) is 0 Å². The maximum Gasteiger partial charge on any atom is 0.0244 e. The second-order valence-electron chi connectivity index (χ2n) is 7.30. The van der Waals surface area contributed by atoms with Crippen molar-refractivity contribution >= 4 is 0 Å². The summed E-state index contributed by atoms with van der Waals surface area (Å²) in [6, 6.07) is 1.48. The number of nitrogens with zero attached hydrogens (tertiary/aromatic N) is 1. The topological polar surface area (TPSA) is 15.3 Å². The van der Waals surface area contributed by atoms with Gasteiger partial charge in [-0.25, -0.2) is 0 Å². The smallest absolute Gasteiger partial charge is 0.0244 e. The lowest BCUT2D eigenvalue weighted by Gasteiger charge is -2.45. The average Bonchev–Trinajstić information content (AvgIpc) is 2.22. The molecule has 2 heteroatoms. The number of nitrogens with one attached hydrogen (secondary N) is 1. The van der Waals surface area contributed by atoms with Crippen LogP contribution in [0, 0.1) is 17.8 Å². The Labute approximate surface area is 114 Å². The van der Waals surface area contributed by atoms with E-state index in [4.69, 9.17) is 0 Å². The Morgan fingerprint density at radius 1 is 1.17 bits per heavy atom. The fraction of sp³-hybridized carbons (Fsp3) is 1.00. The van der Waals surface area contributed by atoms with Gasteiger partial charge in [-0.2, -0.15) is 0 Å². The fourth-order valence-electron chi connectivity index (χ4n) is 3.50. The van der Waals surface area contributed by atoms with Gasteiger partial charge < -0.3 is 5.32 Å². The summed E-state index contributed by atoms with van der Waals surface area (Å²) < 4.78 is 0. The van der Waals surface area contributed by atoms with E-state index in [1.165, 1.54) is 45.3 Å². The van der Waals surface area contributed by atoms with Gasteiger partial charge in [0.05, 0.1) is 0 Å². The molecule has 0 aromatic rings. The largest absolute Gasteiger partial charge is 0.311 e. The number of rotatable bonds is 5. The summed E-state index contributed by atoms with van der Waals surface area (Å²) in [6.45, 7) is 13.3. The van der Waals surface area contributed by atoms with Crippen molar-refractivity contribution in [2.75, 3.05) is 19.6 Å². The summed E-state index contributed by atoms with van der Waals surface area (Å²) in [7, 11) is 0. The van der Waals surface area contributed by atoms with Gasteiger partial charge in [0.25, 0.3) is 0 Å². The van der Waals surface area contributed by atoms with Crippen molar-refractivity contribution in [2.24, 2.45) is 17.8 Å². The van der Waals surface area contributed by atoms with Crippen LogP contribution in [-0.2, 0) is 0 Å². The van der Waals surface area contributed by atoms with Gasteiger partial charge in [-0.3, -0.25) is 4.90 Å². The number of hydrogen-bond donors (Lipinski definition) is 1. The molecular formula is C16H32N2. The highest BCUT2D eigenvalue weighted by atomic mass is 15.2. The monoisotopic (exact) mass is 252 g/mol. The fourth-order valence-corrected chi connectivity index (χ4v) is 3.50. The molecule has 0 radical (unpaired) electrons. The van der Waals surface area contributed by atoms with Crippen LogP contribution in [0.4, 0.5) is 0 Å². The van der Waals surface area contributed by atoms with E-state index < -0.39 is 0 Å². The maximum atomic E-state index is 3.78. The molecule has 1 saturated heterocycles. The molecule has 1 aliphatic heterocycles. The highest BCUT2D eigenvalue weighted by molar-refractivity contribution is 4.90. The summed E-state index contributed by atoms with van der Waals surface area (Å²) in [6.07, 6.45) is 5.75. The van der Waals surface area contributed by atoms with Gasteiger partial charge in [-0.05, 0) is 37.0 Å². The van der Waals surface area contributed by atoms with Crippen molar-refractivity contribution in [3.63, 3.8) is 0 Å². The van der Waals surface area contributed by atoms with Crippen LogP contribution in [0.2, 0.25) is 0 Å². The summed E-state index contributed by atoms with van der Waals surface area (Å²) in [5.41, 5.74) is 0. The van der Waals surface area contributed by atoms with E-state index in [0.717, 1.165) is 29.8 Å². The lowest BCUT2D eigenvalue weighted by molar-refractivity contribution is 0.0609. The molecule has 2 fully saturated rings. The van der Waals surface area contributed by atoms with E-state index in [0.29, 0.717) is 0 Å². The molecule has 2 nitrogen and oxygen atoms in total. The Balaban J connectivity index is 1.89. The molecule has 106 valence electrons. The molecule has 1 aliphatic carbocycles. The van der Waals surface area contributed by atoms with Crippen LogP contribution in [0.15, 0.2) is 0 Å². The van der Waals surface area contributed by atoms with E-state index in [9.17, 15) is 0 Å². The van der Waals surface area contributed by atoms with E-state index in [1.807, 2.05) is 0 Å². The van der Waals surface area contributed by atoms with Crippen molar-refractivity contribution in [3.8, 4) is 0 Å². The SMILES string of the molecule is CC(C)CC1CN(CC2CCC2)C(C(C)C)CN1. The van der Waals surface area contributed by atoms with Gasteiger partial charge in [-0.15, -0.1) is 0 Å². The normalized spacial score (nSPS) is 31.0. The molecule has 2 rings (SSSR count). The summed E-state index contributed by atoms with van der Waals surface area (Å²) in [5.74, 6) is 2.59. The Kier molecular flexibility index (Phi) is 5.08. The minimum absolute atomic E-state index is 0.722. The molecule has 0 aromatic heterocycles. The van der Waals surface area contributed by atoms with Gasteiger partial charge in [0.1, 0.15) is 0 Å². The van der Waals surface area contributed by atoms with E-state index in [-0.39, 0.29) is 0 Å². The second kappa shape index (κ2) is 6.38. The lowest BCUT2D eigenvalue weighted by atomic mass is 9.83. The van der Waals surface area contributed by atoms with Crippen LogP contribution in [-0.4, -0.2) is 36.6 Å². The number of piperazine rings is 1. The highest BCUT2D eigenvalue weighted by Gasteiger charge is 2.32. The first-order valence-electron chi connectivity index (χ1n) is 8.03. The Hall–Kier alpha value is -0.0800. The predicted octanol–water partition coefficient (Wildman–Crippen LogP) is 3.13. The van der Waals surface area contributed by atoms with E-state index >= 15 is 0 Å². The van der Waals surface area contributed by atoms with Crippen LogP contribution >= 0.6 is 0 Å². The van der Waals surface area contributed by atoms with Crippen molar-refractivity contribution in [3.05, 3.63) is 0 Å². The molecule has 0 aromatic carbocycles. The molecule has 1 N–H and O–H groups in total. The standard InChI is InChI=1S/C16H32N2/c1-12(2)8-15-11-18(10-14-6-5-7-14)16(9-17-15)13(3)4/h12-17H,5-11H2,1-4H3. The lowest BCUT2D eigenvalue weighted by Crippen LogP contribution is -2.59. The Morgan fingerprint density at radius 3 is 2.39 bits per heavy atom. The molecular weight excluding hydrogens is 220 g/mol. The summed E-state index contributed by atoms with van der Waals surface area (Å²) in [5, 5.41) is 3.78. The molecule has 0 spiro atoms. The third kappa shape index (κ3) is 3.71. The third-order valence-electron chi connectivity index (χ3n) is 4.78.